The Kier molecular flexibility index (Phi) is 3.65. The van der Waals surface area contributed by atoms with Gasteiger partial charge in [0.25, 0.3) is 0 Å². The van der Waals surface area contributed by atoms with Gasteiger partial charge in [0, 0.05) is 18.1 Å². The smallest absolute Gasteiger partial charge is 0.288 e. The van der Waals surface area contributed by atoms with E-state index in [1.807, 2.05) is 16.7 Å². The van der Waals surface area contributed by atoms with Crippen molar-refractivity contribution in [2.45, 2.75) is 13.5 Å². The van der Waals surface area contributed by atoms with Crippen molar-refractivity contribution >= 4 is 23.6 Å². The molecule has 1 aromatic rings. The summed E-state index contributed by atoms with van der Waals surface area (Å²) >= 11 is 0. The van der Waals surface area contributed by atoms with E-state index in [0.717, 1.165) is 5.56 Å². The predicted octanol–water partition coefficient (Wildman–Crippen LogP) is 0.0247. The van der Waals surface area contributed by atoms with Gasteiger partial charge >= 0.3 is 6.03 Å². The van der Waals surface area contributed by atoms with Gasteiger partial charge in [-0.25, -0.2) is 4.79 Å². The molecule has 1 aliphatic rings. The number of rotatable bonds is 3. The van der Waals surface area contributed by atoms with Crippen molar-refractivity contribution in [2.24, 2.45) is 10.9 Å². The SMILES string of the molecule is CC(=NCc1cccnc1)C1C(=O)NC(=O)NC1=O. The van der Waals surface area contributed by atoms with E-state index < -0.39 is 23.8 Å². The summed E-state index contributed by atoms with van der Waals surface area (Å²) in [6.07, 6.45) is 3.30. The van der Waals surface area contributed by atoms with Crippen LogP contribution in [0.4, 0.5) is 4.79 Å². The highest BCUT2D eigenvalue weighted by molar-refractivity contribution is 6.27. The van der Waals surface area contributed by atoms with E-state index in [-0.39, 0.29) is 0 Å². The van der Waals surface area contributed by atoms with Crippen LogP contribution in [0.25, 0.3) is 0 Å². The predicted molar refractivity (Wildman–Crippen MR) is 66.2 cm³/mol. The van der Waals surface area contributed by atoms with Crippen molar-refractivity contribution in [3.05, 3.63) is 30.1 Å². The lowest BCUT2D eigenvalue weighted by Crippen LogP contribution is -2.57. The minimum absolute atomic E-state index is 0.324. The monoisotopic (exact) mass is 260 g/mol. The summed E-state index contributed by atoms with van der Waals surface area (Å²) in [7, 11) is 0. The second-order valence-electron chi connectivity index (χ2n) is 4.06. The van der Waals surface area contributed by atoms with Crippen LogP contribution in [0.3, 0.4) is 0 Å². The van der Waals surface area contributed by atoms with Gasteiger partial charge in [-0.1, -0.05) is 6.07 Å². The van der Waals surface area contributed by atoms with Crippen LogP contribution >= 0.6 is 0 Å². The first-order valence-electron chi connectivity index (χ1n) is 5.63. The molecule has 1 aliphatic heterocycles. The van der Waals surface area contributed by atoms with E-state index in [2.05, 4.69) is 9.98 Å². The molecule has 2 rings (SSSR count). The number of aromatic nitrogens is 1. The van der Waals surface area contributed by atoms with Crippen molar-refractivity contribution in [1.82, 2.24) is 15.6 Å². The molecule has 7 nitrogen and oxygen atoms in total. The van der Waals surface area contributed by atoms with Crippen LogP contribution in [0.15, 0.2) is 29.5 Å². The summed E-state index contributed by atoms with van der Waals surface area (Å²) in [5.74, 6) is -2.36. The molecule has 2 N–H and O–H groups in total. The van der Waals surface area contributed by atoms with Crippen LogP contribution in [-0.4, -0.2) is 28.5 Å². The van der Waals surface area contributed by atoms with Gasteiger partial charge < -0.3 is 0 Å². The van der Waals surface area contributed by atoms with E-state index in [9.17, 15) is 14.4 Å². The van der Waals surface area contributed by atoms with Gasteiger partial charge in [0.2, 0.25) is 11.8 Å². The topological polar surface area (TPSA) is 101 Å². The van der Waals surface area contributed by atoms with Gasteiger partial charge in [0.15, 0.2) is 5.92 Å². The zero-order chi connectivity index (χ0) is 13.8. The van der Waals surface area contributed by atoms with E-state index in [4.69, 9.17) is 0 Å². The number of carbonyl (C=O) groups excluding carboxylic acids is 3. The molecular formula is C12H12N4O3. The molecule has 0 aliphatic carbocycles. The Morgan fingerprint density at radius 1 is 1.32 bits per heavy atom. The van der Waals surface area contributed by atoms with E-state index in [0.29, 0.717) is 12.3 Å². The highest BCUT2D eigenvalue weighted by atomic mass is 16.2. The average Bonchev–Trinajstić information content (AvgIpc) is 2.36. The fourth-order valence-electron chi connectivity index (χ4n) is 1.70. The second-order valence-corrected chi connectivity index (χ2v) is 4.06. The molecule has 1 fully saturated rings. The molecule has 0 radical (unpaired) electrons. The number of hydrogen-bond acceptors (Lipinski definition) is 5. The maximum atomic E-state index is 11.6. The Bertz CT molecular complexity index is 533. The number of barbiturate groups is 1. The second kappa shape index (κ2) is 5.38. The molecule has 0 saturated carbocycles. The number of hydrogen-bond donors (Lipinski definition) is 2. The molecule has 19 heavy (non-hydrogen) atoms. The van der Waals surface area contributed by atoms with Gasteiger partial charge in [-0.05, 0) is 18.6 Å². The highest BCUT2D eigenvalue weighted by Crippen LogP contribution is 2.07. The van der Waals surface area contributed by atoms with Gasteiger partial charge in [0.1, 0.15) is 0 Å². The third-order valence-corrected chi connectivity index (χ3v) is 2.65. The lowest BCUT2D eigenvalue weighted by molar-refractivity contribution is -0.132. The zero-order valence-corrected chi connectivity index (χ0v) is 10.2. The van der Waals surface area contributed by atoms with Gasteiger partial charge in [-0.15, -0.1) is 0 Å². The minimum atomic E-state index is -1.06. The normalized spacial score (nSPS) is 17.1. The van der Waals surface area contributed by atoms with Crippen molar-refractivity contribution in [3.63, 3.8) is 0 Å². The third kappa shape index (κ3) is 3.01. The number of pyridine rings is 1. The Labute approximate surface area is 109 Å². The number of urea groups is 1. The van der Waals surface area contributed by atoms with E-state index >= 15 is 0 Å². The maximum Gasteiger partial charge on any atom is 0.328 e. The van der Waals surface area contributed by atoms with Crippen molar-refractivity contribution in [1.29, 1.82) is 0 Å². The van der Waals surface area contributed by atoms with Crippen LogP contribution < -0.4 is 10.6 Å². The summed E-state index contributed by atoms with van der Waals surface area (Å²) in [6.45, 7) is 1.90. The molecule has 0 bridgehead atoms. The fourth-order valence-corrected chi connectivity index (χ4v) is 1.70. The molecule has 0 unspecified atom stereocenters. The van der Waals surface area contributed by atoms with Gasteiger partial charge in [0.05, 0.1) is 6.54 Å². The average molecular weight is 260 g/mol. The first kappa shape index (κ1) is 12.9. The molecule has 2 heterocycles. The summed E-state index contributed by atoms with van der Waals surface area (Å²) in [5.41, 5.74) is 1.22. The Morgan fingerprint density at radius 2 is 2.00 bits per heavy atom. The number of carbonyl (C=O) groups is 3. The summed E-state index contributed by atoms with van der Waals surface area (Å²) in [6, 6.07) is 2.82. The van der Waals surface area contributed by atoms with Gasteiger partial charge in [-0.2, -0.15) is 0 Å². The van der Waals surface area contributed by atoms with Crippen LogP contribution in [0.2, 0.25) is 0 Å². The molecule has 98 valence electrons. The quantitative estimate of drug-likeness (QED) is 0.591. The minimum Gasteiger partial charge on any atom is -0.288 e. The molecule has 0 atom stereocenters. The summed E-state index contributed by atoms with van der Waals surface area (Å²) < 4.78 is 0. The lowest BCUT2D eigenvalue weighted by atomic mass is 10.0. The largest absolute Gasteiger partial charge is 0.328 e. The number of aliphatic imine (C=N–C) groups is 1. The number of imide groups is 2. The van der Waals surface area contributed by atoms with Crippen LogP contribution in [0, 0.1) is 5.92 Å². The molecular weight excluding hydrogens is 248 g/mol. The maximum absolute atomic E-state index is 11.6. The number of nitrogens with one attached hydrogen (secondary N) is 2. The fraction of sp³-hybridized carbons (Fsp3) is 0.250. The molecule has 0 aromatic carbocycles. The van der Waals surface area contributed by atoms with Crippen molar-refractivity contribution in [2.75, 3.05) is 0 Å². The standard InChI is InChI=1S/C12H12N4O3/c1-7(14-6-8-3-2-4-13-5-8)9-10(17)15-12(19)16-11(9)18/h2-5,9H,6H2,1H3,(H2,15,16,17,18,19). The number of nitrogens with zero attached hydrogens (tertiary/aromatic N) is 2. The van der Waals surface area contributed by atoms with E-state index in [1.165, 1.54) is 0 Å². The number of amides is 4. The Morgan fingerprint density at radius 3 is 2.58 bits per heavy atom. The summed E-state index contributed by atoms with van der Waals surface area (Å²) in [5, 5.41) is 4.07. The molecule has 1 aromatic heterocycles. The molecule has 7 heteroatoms. The zero-order valence-electron chi connectivity index (χ0n) is 10.2. The van der Waals surface area contributed by atoms with Crippen molar-refractivity contribution in [3.8, 4) is 0 Å². The Balaban J connectivity index is 2.10. The van der Waals surface area contributed by atoms with E-state index in [1.54, 1.807) is 25.4 Å². The third-order valence-electron chi connectivity index (χ3n) is 2.65. The molecule has 0 spiro atoms. The molecule has 4 amide bonds. The lowest BCUT2D eigenvalue weighted by Gasteiger charge is -2.20. The first-order chi connectivity index (χ1) is 9.08. The Hall–Kier alpha value is -2.57. The van der Waals surface area contributed by atoms with Crippen molar-refractivity contribution < 1.29 is 14.4 Å². The summed E-state index contributed by atoms with van der Waals surface area (Å²) in [4.78, 5) is 42.2. The first-order valence-corrected chi connectivity index (χ1v) is 5.63. The van der Waals surface area contributed by atoms with Gasteiger partial charge in [-0.3, -0.25) is 30.2 Å². The highest BCUT2D eigenvalue weighted by Gasteiger charge is 2.36. The van der Waals surface area contributed by atoms with Crippen LogP contribution in [-0.2, 0) is 16.1 Å². The van der Waals surface area contributed by atoms with Crippen LogP contribution in [0.5, 0.6) is 0 Å². The van der Waals surface area contributed by atoms with Crippen LogP contribution in [0.1, 0.15) is 12.5 Å². The molecule has 1 saturated heterocycles.